The molecule has 5 aromatic rings. The SMILES string of the molecule is Ic1ccc(OC2CN(C(c3ccccc3)c3ccccc3)C2)nc1.O=C(Oc1ccc([N+](=O)[O-])cc1)N1CC(Oc2ccc(I)cn2)C1. The van der Waals surface area contributed by atoms with Crippen LogP contribution in [0.4, 0.5) is 10.5 Å². The minimum absolute atomic E-state index is 0.0581. The zero-order valence-electron chi connectivity index (χ0n) is 26.0. The summed E-state index contributed by atoms with van der Waals surface area (Å²) in [6.07, 6.45) is 3.10. The summed E-state index contributed by atoms with van der Waals surface area (Å²) in [6.45, 7) is 2.61. The van der Waals surface area contributed by atoms with Crippen molar-refractivity contribution in [3.63, 3.8) is 0 Å². The van der Waals surface area contributed by atoms with Crippen molar-refractivity contribution < 1.29 is 23.9 Å². The second-order valence-corrected chi connectivity index (χ2v) is 13.8. The predicted octanol–water partition coefficient (Wildman–Crippen LogP) is 7.40. The second kappa shape index (κ2) is 16.4. The minimum atomic E-state index is -0.515. The van der Waals surface area contributed by atoms with Gasteiger partial charge in [-0.05, 0) is 80.6 Å². The second-order valence-electron chi connectivity index (χ2n) is 11.3. The average molecular weight is 883 g/mol. The molecule has 0 unspecified atom stereocenters. The number of carbonyl (C=O) groups excluding carboxylic acids is 1. The monoisotopic (exact) mass is 883 g/mol. The number of benzene rings is 3. The number of likely N-dealkylation sites (tertiary alicyclic amines) is 2. The van der Waals surface area contributed by atoms with Crippen LogP contribution >= 0.6 is 45.2 Å². The minimum Gasteiger partial charge on any atom is -0.472 e. The number of pyridine rings is 2. The quantitative estimate of drug-likeness (QED) is 0.0848. The van der Waals surface area contributed by atoms with Gasteiger partial charge in [-0.2, -0.15) is 0 Å². The van der Waals surface area contributed by atoms with E-state index in [2.05, 4.69) is 121 Å². The molecule has 2 aliphatic rings. The van der Waals surface area contributed by atoms with Crippen LogP contribution in [0.2, 0.25) is 0 Å². The molecule has 2 aliphatic heterocycles. The van der Waals surface area contributed by atoms with Gasteiger partial charge in [0, 0.05) is 56.9 Å². The van der Waals surface area contributed by atoms with Crippen LogP contribution < -0.4 is 14.2 Å². The summed E-state index contributed by atoms with van der Waals surface area (Å²) in [4.78, 5) is 34.4. The molecule has 0 bridgehead atoms. The van der Waals surface area contributed by atoms with Crippen LogP contribution in [0.15, 0.2) is 122 Å². The van der Waals surface area contributed by atoms with Crippen molar-refractivity contribution >= 4 is 57.0 Å². The van der Waals surface area contributed by atoms with Gasteiger partial charge in [0.15, 0.2) is 0 Å². The highest BCUT2D eigenvalue weighted by molar-refractivity contribution is 14.1. The molecule has 0 aliphatic carbocycles. The molecule has 3 aromatic carbocycles. The number of amides is 1. The van der Waals surface area contributed by atoms with E-state index >= 15 is 0 Å². The van der Waals surface area contributed by atoms with Crippen molar-refractivity contribution in [1.29, 1.82) is 0 Å². The maximum atomic E-state index is 12.0. The largest absolute Gasteiger partial charge is 0.472 e. The van der Waals surface area contributed by atoms with Gasteiger partial charge in [0.05, 0.1) is 24.1 Å². The Hall–Kier alpha value is -4.35. The first kappa shape index (κ1) is 34.5. The van der Waals surface area contributed by atoms with E-state index in [0.717, 1.165) is 20.2 Å². The Morgan fingerprint density at radius 3 is 1.65 bits per heavy atom. The molecule has 250 valence electrons. The zero-order chi connectivity index (χ0) is 34.2. The zero-order valence-corrected chi connectivity index (χ0v) is 30.4. The molecule has 1 amide bonds. The molecule has 0 N–H and O–H groups in total. The maximum absolute atomic E-state index is 12.0. The van der Waals surface area contributed by atoms with E-state index in [1.165, 1.54) is 40.3 Å². The van der Waals surface area contributed by atoms with Gasteiger partial charge in [-0.1, -0.05) is 60.7 Å². The Labute approximate surface area is 310 Å². The fourth-order valence-corrected chi connectivity index (χ4v) is 5.95. The van der Waals surface area contributed by atoms with Gasteiger partial charge in [-0.25, -0.2) is 14.8 Å². The molecular formula is C36H31I2N5O6. The fourth-order valence-electron chi connectivity index (χ4n) is 5.31. The number of nitro benzene ring substituents is 1. The number of aromatic nitrogens is 2. The molecule has 0 radical (unpaired) electrons. The van der Waals surface area contributed by atoms with E-state index < -0.39 is 11.0 Å². The van der Waals surface area contributed by atoms with Crippen LogP contribution in [0, 0.1) is 17.3 Å². The average Bonchev–Trinajstić information content (AvgIpc) is 3.08. The van der Waals surface area contributed by atoms with Crippen LogP contribution in [-0.2, 0) is 0 Å². The molecule has 13 heteroatoms. The van der Waals surface area contributed by atoms with Crippen molar-refractivity contribution in [2.45, 2.75) is 18.2 Å². The molecule has 7 rings (SSSR count). The highest BCUT2D eigenvalue weighted by atomic mass is 127. The van der Waals surface area contributed by atoms with E-state index in [-0.39, 0.29) is 29.7 Å². The Bertz CT molecular complexity index is 1780. The van der Waals surface area contributed by atoms with E-state index in [4.69, 9.17) is 14.2 Å². The maximum Gasteiger partial charge on any atom is 0.415 e. The van der Waals surface area contributed by atoms with E-state index in [1.54, 1.807) is 12.3 Å². The van der Waals surface area contributed by atoms with E-state index in [0.29, 0.717) is 24.8 Å². The first-order valence-corrected chi connectivity index (χ1v) is 17.6. The smallest absolute Gasteiger partial charge is 0.415 e. The summed E-state index contributed by atoms with van der Waals surface area (Å²) in [7, 11) is 0. The van der Waals surface area contributed by atoms with Gasteiger partial charge in [-0.3, -0.25) is 15.0 Å². The lowest BCUT2D eigenvalue weighted by Crippen LogP contribution is -2.57. The number of nitrogens with zero attached hydrogens (tertiary/aromatic N) is 5. The number of nitro groups is 1. The number of hydrogen-bond donors (Lipinski definition) is 0. The molecule has 0 spiro atoms. The molecule has 2 aromatic heterocycles. The van der Waals surface area contributed by atoms with Gasteiger partial charge in [0.25, 0.3) is 5.69 Å². The molecule has 0 saturated carbocycles. The molecular weight excluding hydrogens is 852 g/mol. The van der Waals surface area contributed by atoms with Gasteiger partial charge >= 0.3 is 6.09 Å². The van der Waals surface area contributed by atoms with E-state index in [9.17, 15) is 14.9 Å². The third-order valence-electron chi connectivity index (χ3n) is 7.81. The number of hydrogen-bond acceptors (Lipinski definition) is 9. The van der Waals surface area contributed by atoms with Gasteiger partial charge in [0.2, 0.25) is 11.8 Å². The first-order chi connectivity index (χ1) is 23.8. The van der Waals surface area contributed by atoms with Gasteiger partial charge in [-0.15, -0.1) is 0 Å². The predicted molar refractivity (Wildman–Crippen MR) is 200 cm³/mol. The lowest BCUT2D eigenvalue weighted by Gasteiger charge is -2.44. The molecule has 2 saturated heterocycles. The summed E-state index contributed by atoms with van der Waals surface area (Å²) in [5.41, 5.74) is 2.58. The van der Waals surface area contributed by atoms with Crippen LogP contribution in [0.5, 0.6) is 17.5 Å². The Balaban J connectivity index is 0.000000170. The Kier molecular flexibility index (Phi) is 11.5. The number of halogens is 2. The lowest BCUT2D eigenvalue weighted by atomic mass is 9.94. The van der Waals surface area contributed by atoms with Crippen LogP contribution in [0.1, 0.15) is 17.2 Å². The fraction of sp³-hybridized carbons (Fsp3) is 0.194. The molecule has 11 nitrogen and oxygen atoms in total. The number of rotatable bonds is 9. The van der Waals surface area contributed by atoms with Gasteiger partial charge in [0.1, 0.15) is 18.0 Å². The van der Waals surface area contributed by atoms with Gasteiger partial charge < -0.3 is 19.1 Å². The standard InChI is InChI=1S/C21H19IN2O.C15H12IN3O5/c22-18-11-12-20(23-13-18)25-19-14-24(15-19)21(16-7-3-1-4-8-16)17-9-5-2-6-10-17;16-10-1-6-14(17-7-10)23-13-8-18(9-13)15(20)24-12-4-2-11(3-5-12)19(21)22/h1-13,19,21H,14-15H2;1-7,13H,8-9H2. The summed E-state index contributed by atoms with van der Waals surface area (Å²) in [5, 5.41) is 10.6. The summed E-state index contributed by atoms with van der Waals surface area (Å²) >= 11 is 4.41. The van der Waals surface area contributed by atoms with E-state index in [1.807, 2.05) is 24.4 Å². The highest BCUT2D eigenvalue weighted by Gasteiger charge is 2.36. The van der Waals surface area contributed by atoms with Crippen molar-refractivity contribution in [3.05, 3.63) is 150 Å². The molecule has 2 fully saturated rings. The normalized spacial score (nSPS) is 14.6. The number of ether oxygens (including phenoxy) is 3. The summed E-state index contributed by atoms with van der Waals surface area (Å²) in [5.74, 6) is 1.49. The molecule has 49 heavy (non-hydrogen) atoms. The lowest BCUT2D eigenvalue weighted by molar-refractivity contribution is -0.384. The molecule has 4 heterocycles. The topological polar surface area (TPSA) is 120 Å². The molecule has 0 atom stereocenters. The summed E-state index contributed by atoms with van der Waals surface area (Å²) in [6, 6.07) is 34.6. The summed E-state index contributed by atoms with van der Waals surface area (Å²) < 4.78 is 18.9. The Morgan fingerprint density at radius 2 is 1.20 bits per heavy atom. The van der Waals surface area contributed by atoms with Crippen molar-refractivity contribution in [1.82, 2.24) is 19.8 Å². The van der Waals surface area contributed by atoms with Crippen LogP contribution in [0.25, 0.3) is 0 Å². The number of carbonyl (C=O) groups is 1. The van der Waals surface area contributed by atoms with Crippen molar-refractivity contribution in [2.75, 3.05) is 26.2 Å². The third-order valence-corrected chi connectivity index (χ3v) is 9.08. The first-order valence-electron chi connectivity index (χ1n) is 15.4. The third kappa shape index (κ3) is 9.42. The van der Waals surface area contributed by atoms with Crippen LogP contribution in [0.3, 0.4) is 0 Å². The number of non-ortho nitro benzene ring substituents is 1. The Morgan fingerprint density at radius 1 is 0.714 bits per heavy atom. The van der Waals surface area contributed by atoms with Crippen molar-refractivity contribution in [2.24, 2.45) is 0 Å². The highest BCUT2D eigenvalue weighted by Crippen LogP contribution is 2.33. The van der Waals surface area contributed by atoms with Crippen molar-refractivity contribution in [3.8, 4) is 17.5 Å². The van der Waals surface area contributed by atoms with Crippen LogP contribution in [-0.4, -0.2) is 69.2 Å².